The van der Waals surface area contributed by atoms with E-state index in [0.29, 0.717) is 36.5 Å². The zero-order valence-electron chi connectivity index (χ0n) is 13.5. The quantitative estimate of drug-likeness (QED) is 0.790. The van der Waals surface area contributed by atoms with E-state index in [2.05, 4.69) is 52.9 Å². The van der Waals surface area contributed by atoms with Gasteiger partial charge in [0.25, 0.3) is 0 Å². The minimum Gasteiger partial charge on any atom is -0.464 e. The number of hydrogen-bond donors (Lipinski definition) is 1. The van der Waals surface area contributed by atoms with Crippen molar-refractivity contribution < 1.29 is 4.74 Å². The third-order valence-electron chi connectivity index (χ3n) is 3.30. The van der Waals surface area contributed by atoms with Crippen LogP contribution >= 0.6 is 0 Å². The summed E-state index contributed by atoms with van der Waals surface area (Å²) in [6.45, 7) is 11.9. The number of anilines is 2. The lowest BCUT2D eigenvalue weighted by atomic mass is 10.1. The number of nitrogens with zero attached hydrogens (tertiary/aromatic N) is 4. The van der Waals surface area contributed by atoms with Gasteiger partial charge in [0.2, 0.25) is 11.9 Å². The summed E-state index contributed by atoms with van der Waals surface area (Å²) in [5.41, 5.74) is 0. The molecule has 0 saturated heterocycles. The number of hydrogen-bond acceptors (Lipinski definition) is 6. The molecule has 1 aromatic heterocycles. The van der Waals surface area contributed by atoms with Crippen molar-refractivity contribution in [2.75, 3.05) is 30.4 Å². The lowest BCUT2D eigenvalue weighted by molar-refractivity contribution is 0.311. The molecule has 114 valence electrons. The fourth-order valence-electron chi connectivity index (χ4n) is 1.64. The first kappa shape index (κ1) is 16.5. The normalized spacial score (nSPS) is 12.3. The molecule has 6 nitrogen and oxygen atoms in total. The second-order valence-corrected chi connectivity index (χ2v) is 5.20. The third-order valence-corrected chi connectivity index (χ3v) is 3.30. The van der Waals surface area contributed by atoms with Crippen LogP contribution in [0.3, 0.4) is 0 Å². The lowest BCUT2D eigenvalue weighted by Crippen LogP contribution is -2.34. The molecule has 1 heterocycles. The van der Waals surface area contributed by atoms with Crippen LogP contribution in [0.15, 0.2) is 0 Å². The summed E-state index contributed by atoms with van der Waals surface area (Å²) < 4.78 is 5.43. The number of rotatable bonds is 8. The second-order valence-electron chi connectivity index (χ2n) is 5.20. The molecule has 6 heteroatoms. The van der Waals surface area contributed by atoms with Crippen molar-refractivity contribution in [1.29, 1.82) is 0 Å². The van der Waals surface area contributed by atoms with Crippen LogP contribution < -0.4 is 15.0 Å². The molecule has 0 saturated carbocycles. The van der Waals surface area contributed by atoms with Crippen molar-refractivity contribution in [3.8, 4) is 6.01 Å². The molecule has 1 rings (SSSR count). The topological polar surface area (TPSA) is 63.2 Å². The fourth-order valence-corrected chi connectivity index (χ4v) is 1.64. The first-order valence-corrected chi connectivity index (χ1v) is 7.35. The Morgan fingerprint density at radius 3 is 2.40 bits per heavy atom. The molecule has 1 N–H and O–H groups in total. The molecule has 20 heavy (non-hydrogen) atoms. The summed E-state index contributed by atoms with van der Waals surface area (Å²) in [4.78, 5) is 15.2. The summed E-state index contributed by atoms with van der Waals surface area (Å²) in [6, 6.07) is 0.713. The molecule has 0 radical (unpaired) electrons. The van der Waals surface area contributed by atoms with E-state index in [1.807, 2.05) is 14.0 Å². The van der Waals surface area contributed by atoms with Crippen LogP contribution in [0.2, 0.25) is 0 Å². The molecule has 0 amide bonds. The summed E-state index contributed by atoms with van der Waals surface area (Å²) in [5, 5.41) is 3.19. The molecule has 0 bridgehead atoms. The van der Waals surface area contributed by atoms with E-state index in [1.54, 1.807) is 0 Å². The summed E-state index contributed by atoms with van der Waals surface area (Å²) in [5.74, 6) is 1.73. The van der Waals surface area contributed by atoms with E-state index in [1.165, 1.54) is 0 Å². The molecule has 0 aromatic carbocycles. The first-order chi connectivity index (χ1) is 9.49. The van der Waals surface area contributed by atoms with Crippen molar-refractivity contribution in [3.63, 3.8) is 0 Å². The van der Waals surface area contributed by atoms with Crippen LogP contribution in [-0.2, 0) is 0 Å². The Kier molecular flexibility index (Phi) is 6.48. The van der Waals surface area contributed by atoms with Crippen molar-refractivity contribution in [1.82, 2.24) is 15.0 Å². The van der Waals surface area contributed by atoms with Gasteiger partial charge in [-0.05, 0) is 26.2 Å². The Morgan fingerprint density at radius 1 is 1.15 bits per heavy atom. The van der Waals surface area contributed by atoms with Crippen LogP contribution in [0, 0.1) is 5.92 Å². The molecular formula is C14H27N5O. The maximum atomic E-state index is 5.43. The summed E-state index contributed by atoms with van der Waals surface area (Å²) >= 11 is 0. The standard InChI is InChI=1S/C14H27N5O/c1-7-9-15-12-16-13(18-14(17-12)20-8-2)19(6)11(5)10(3)4/h10-11H,7-9H2,1-6H3,(H,15,16,17,18). The predicted molar refractivity (Wildman–Crippen MR) is 82.5 cm³/mol. The van der Waals surface area contributed by atoms with Gasteiger partial charge in [0, 0.05) is 19.6 Å². The van der Waals surface area contributed by atoms with E-state index in [-0.39, 0.29) is 0 Å². The third kappa shape index (κ3) is 4.51. The lowest BCUT2D eigenvalue weighted by Gasteiger charge is -2.28. The molecule has 1 aromatic rings. The van der Waals surface area contributed by atoms with Gasteiger partial charge in [0.05, 0.1) is 6.61 Å². The predicted octanol–water partition coefficient (Wildman–Crippen LogP) is 2.57. The van der Waals surface area contributed by atoms with Crippen LogP contribution in [-0.4, -0.2) is 41.2 Å². The minimum absolute atomic E-state index is 0.339. The van der Waals surface area contributed by atoms with E-state index < -0.39 is 0 Å². The first-order valence-electron chi connectivity index (χ1n) is 7.35. The van der Waals surface area contributed by atoms with Crippen LogP contribution in [0.4, 0.5) is 11.9 Å². The second kappa shape index (κ2) is 7.87. The maximum absolute atomic E-state index is 5.43. The molecule has 0 spiro atoms. The van der Waals surface area contributed by atoms with Gasteiger partial charge in [-0.1, -0.05) is 20.8 Å². The van der Waals surface area contributed by atoms with E-state index >= 15 is 0 Å². The number of aromatic nitrogens is 3. The van der Waals surface area contributed by atoms with E-state index in [4.69, 9.17) is 4.74 Å². The van der Waals surface area contributed by atoms with Gasteiger partial charge in [-0.15, -0.1) is 0 Å². The molecule has 1 unspecified atom stereocenters. The Bertz CT molecular complexity index is 411. The zero-order chi connectivity index (χ0) is 15.1. The molecular weight excluding hydrogens is 254 g/mol. The minimum atomic E-state index is 0.339. The smallest absolute Gasteiger partial charge is 0.323 e. The highest BCUT2D eigenvalue weighted by Gasteiger charge is 2.18. The molecule has 0 aliphatic carbocycles. The zero-order valence-corrected chi connectivity index (χ0v) is 13.5. The Hall–Kier alpha value is -1.59. The SMILES string of the molecule is CCCNc1nc(OCC)nc(N(C)C(C)C(C)C)n1. The van der Waals surface area contributed by atoms with Gasteiger partial charge < -0.3 is 15.0 Å². The van der Waals surface area contributed by atoms with Gasteiger partial charge in [0.15, 0.2) is 0 Å². The monoisotopic (exact) mass is 281 g/mol. The van der Waals surface area contributed by atoms with E-state index in [0.717, 1.165) is 13.0 Å². The number of ether oxygens (including phenoxy) is 1. The van der Waals surface area contributed by atoms with Crippen molar-refractivity contribution in [2.45, 2.75) is 47.1 Å². The van der Waals surface area contributed by atoms with Gasteiger partial charge in [-0.3, -0.25) is 0 Å². The highest BCUT2D eigenvalue weighted by Crippen LogP contribution is 2.18. The average molecular weight is 281 g/mol. The Labute approximate surface area is 122 Å². The Balaban J connectivity index is 3.00. The van der Waals surface area contributed by atoms with Crippen LogP contribution in [0.25, 0.3) is 0 Å². The highest BCUT2D eigenvalue weighted by atomic mass is 16.5. The fraction of sp³-hybridized carbons (Fsp3) is 0.786. The highest BCUT2D eigenvalue weighted by molar-refractivity contribution is 5.38. The molecule has 0 aliphatic rings. The van der Waals surface area contributed by atoms with Crippen molar-refractivity contribution >= 4 is 11.9 Å². The maximum Gasteiger partial charge on any atom is 0.323 e. The van der Waals surface area contributed by atoms with Crippen LogP contribution in [0.5, 0.6) is 6.01 Å². The van der Waals surface area contributed by atoms with Gasteiger partial charge in [0.1, 0.15) is 0 Å². The van der Waals surface area contributed by atoms with Gasteiger partial charge >= 0.3 is 6.01 Å². The average Bonchev–Trinajstić information content (AvgIpc) is 2.43. The van der Waals surface area contributed by atoms with Crippen molar-refractivity contribution in [3.05, 3.63) is 0 Å². The molecule has 0 fully saturated rings. The van der Waals surface area contributed by atoms with Gasteiger partial charge in [-0.2, -0.15) is 15.0 Å². The molecule has 0 aliphatic heterocycles. The summed E-state index contributed by atoms with van der Waals surface area (Å²) in [6.07, 6.45) is 1.02. The van der Waals surface area contributed by atoms with Gasteiger partial charge in [-0.25, -0.2) is 0 Å². The molecule has 1 atom stereocenters. The largest absolute Gasteiger partial charge is 0.464 e. The summed E-state index contributed by atoms with van der Waals surface area (Å²) in [7, 11) is 2.00. The van der Waals surface area contributed by atoms with Crippen molar-refractivity contribution in [2.24, 2.45) is 5.92 Å². The van der Waals surface area contributed by atoms with Crippen LogP contribution in [0.1, 0.15) is 41.0 Å². The van der Waals surface area contributed by atoms with E-state index in [9.17, 15) is 0 Å². The number of nitrogens with one attached hydrogen (secondary N) is 1. The Morgan fingerprint density at radius 2 is 1.85 bits per heavy atom.